The molecule has 0 fully saturated rings. The third-order valence-electron chi connectivity index (χ3n) is 2.99. The summed E-state index contributed by atoms with van der Waals surface area (Å²) in [6.07, 6.45) is 0.796. The van der Waals surface area contributed by atoms with Crippen LogP contribution >= 0.6 is 15.9 Å². The van der Waals surface area contributed by atoms with Gasteiger partial charge in [0.05, 0.1) is 11.6 Å². The zero-order valence-corrected chi connectivity index (χ0v) is 13.2. The van der Waals surface area contributed by atoms with Crippen molar-refractivity contribution in [3.63, 3.8) is 0 Å². The molecule has 3 nitrogen and oxygen atoms in total. The molecule has 0 atom stereocenters. The predicted octanol–water partition coefficient (Wildman–Crippen LogP) is 4.06. The molecule has 0 spiro atoms. The molecule has 0 radical (unpaired) electrons. The van der Waals surface area contributed by atoms with Crippen molar-refractivity contribution < 1.29 is 9.47 Å². The van der Waals surface area contributed by atoms with Crippen molar-refractivity contribution in [2.75, 3.05) is 13.7 Å². The predicted molar refractivity (Wildman–Crippen MR) is 84.7 cm³/mol. The standard InChI is InChI=1S/C16H18BrNO2/c1-11-3-5-15(12(9-11)7-8-18)20-16-6-4-13(19-2)10-14(16)17/h3-6,9-10H,7-8,18H2,1-2H3. The van der Waals surface area contributed by atoms with Gasteiger partial charge in [-0.2, -0.15) is 0 Å². The van der Waals surface area contributed by atoms with Crippen LogP contribution in [-0.2, 0) is 6.42 Å². The highest BCUT2D eigenvalue weighted by molar-refractivity contribution is 9.10. The first-order valence-electron chi connectivity index (χ1n) is 6.45. The Morgan fingerprint density at radius 3 is 2.50 bits per heavy atom. The monoisotopic (exact) mass is 335 g/mol. The van der Waals surface area contributed by atoms with Crippen molar-refractivity contribution in [2.45, 2.75) is 13.3 Å². The fraction of sp³-hybridized carbons (Fsp3) is 0.250. The minimum absolute atomic E-state index is 0.601. The number of halogens is 1. The fourth-order valence-electron chi connectivity index (χ4n) is 1.97. The van der Waals surface area contributed by atoms with E-state index in [2.05, 4.69) is 28.9 Å². The van der Waals surface area contributed by atoms with Gasteiger partial charge in [-0.1, -0.05) is 17.7 Å². The van der Waals surface area contributed by atoms with E-state index in [1.165, 1.54) is 5.56 Å². The van der Waals surface area contributed by atoms with Crippen LogP contribution < -0.4 is 15.2 Å². The summed E-state index contributed by atoms with van der Waals surface area (Å²) < 4.78 is 12.0. The molecular weight excluding hydrogens is 318 g/mol. The first-order valence-corrected chi connectivity index (χ1v) is 7.24. The second-order valence-corrected chi connectivity index (χ2v) is 5.40. The van der Waals surface area contributed by atoms with E-state index >= 15 is 0 Å². The molecule has 106 valence electrons. The van der Waals surface area contributed by atoms with Crippen molar-refractivity contribution in [2.24, 2.45) is 5.73 Å². The number of methoxy groups -OCH3 is 1. The molecule has 0 unspecified atom stereocenters. The Labute approximate surface area is 127 Å². The van der Waals surface area contributed by atoms with Crippen LogP contribution in [0.1, 0.15) is 11.1 Å². The summed E-state index contributed by atoms with van der Waals surface area (Å²) in [5.74, 6) is 2.38. The molecule has 0 aliphatic heterocycles. The largest absolute Gasteiger partial charge is 0.497 e. The topological polar surface area (TPSA) is 44.5 Å². The van der Waals surface area contributed by atoms with Crippen molar-refractivity contribution in [1.29, 1.82) is 0 Å². The molecule has 0 aromatic heterocycles. The Bertz CT molecular complexity index is 599. The molecule has 0 bridgehead atoms. The second-order valence-electron chi connectivity index (χ2n) is 4.55. The lowest BCUT2D eigenvalue weighted by atomic mass is 10.1. The normalized spacial score (nSPS) is 10.4. The molecule has 0 amide bonds. The van der Waals surface area contributed by atoms with Gasteiger partial charge < -0.3 is 15.2 Å². The highest BCUT2D eigenvalue weighted by Gasteiger charge is 2.08. The zero-order chi connectivity index (χ0) is 14.5. The van der Waals surface area contributed by atoms with Gasteiger partial charge in [0.15, 0.2) is 0 Å². The van der Waals surface area contributed by atoms with E-state index in [0.29, 0.717) is 6.54 Å². The van der Waals surface area contributed by atoms with Gasteiger partial charge in [-0.05, 0) is 65.6 Å². The summed E-state index contributed by atoms with van der Waals surface area (Å²) in [5, 5.41) is 0. The van der Waals surface area contributed by atoms with Crippen LogP contribution in [0.3, 0.4) is 0 Å². The van der Waals surface area contributed by atoms with Gasteiger partial charge >= 0.3 is 0 Å². The quantitative estimate of drug-likeness (QED) is 0.896. The molecule has 2 aromatic carbocycles. The number of hydrogen-bond donors (Lipinski definition) is 1. The summed E-state index contributed by atoms with van der Waals surface area (Å²) in [4.78, 5) is 0. The van der Waals surface area contributed by atoms with Gasteiger partial charge in [0.1, 0.15) is 17.2 Å². The third kappa shape index (κ3) is 3.52. The van der Waals surface area contributed by atoms with Crippen molar-refractivity contribution >= 4 is 15.9 Å². The van der Waals surface area contributed by atoms with Crippen LogP contribution in [0.25, 0.3) is 0 Å². The maximum Gasteiger partial charge on any atom is 0.141 e. The minimum atomic E-state index is 0.601. The molecule has 0 saturated heterocycles. The summed E-state index contributed by atoms with van der Waals surface area (Å²) in [5.41, 5.74) is 7.98. The van der Waals surface area contributed by atoms with E-state index in [1.54, 1.807) is 7.11 Å². The van der Waals surface area contributed by atoms with E-state index in [1.807, 2.05) is 30.3 Å². The minimum Gasteiger partial charge on any atom is -0.497 e. The number of ether oxygens (including phenoxy) is 2. The van der Waals surface area contributed by atoms with Gasteiger partial charge in [0.25, 0.3) is 0 Å². The highest BCUT2D eigenvalue weighted by Crippen LogP contribution is 2.34. The highest BCUT2D eigenvalue weighted by atomic mass is 79.9. The van der Waals surface area contributed by atoms with Gasteiger partial charge in [-0.25, -0.2) is 0 Å². The van der Waals surface area contributed by atoms with E-state index < -0.39 is 0 Å². The van der Waals surface area contributed by atoms with E-state index in [4.69, 9.17) is 15.2 Å². The molecule has 2 aromatic rings. The summed E-state index contributed by atoms with van der Waals surface area (Å²) in [7, 11) is 1.64. The van der Waals surface area contributed by atoms with Crippen molar-refractivity contribution in [1.82, 2.24) is 0 Å². The smallest absolute Gasteiger partial charge is 0.141 e. The summed E-state index contributed by atoms with van der Waals surface area (Å²) in [6, 6.07) is 11.8. The number of rotatable bonds is 5. The van der Waals surface area contributed by atoms with Gasteiger partial charge in [-0.3, -0.25) is 0 Å². The molecule has 4 heteroatoms. The van der Waals surface area contributed by atoms with Gasteiger partial charge in [0, 0.05) is 0 Å². The number of benzene rings is 2. The van der Waals surface area contributed by atoms with Gasteiger partial charge in [-0.15, -0.1) is 0 Å². The Kier molecular flexibility index (Phi) is 5.04. The van der Waals surface area contributed by atoms with Crippen LogP contribution in [0.5, 0.6) is 17.2 Å². The van der Waals surface area contributed by atoms with Crippen molar-refractivity contribution in [3.05, 3.63) is 52.0 Å². The zero-order valence-electron chi connectivity index (χ0n) is 11.7. The van der Waals surface area contributed by atoms with Crippen LogP contribution in [0.2, 0.25) is 0 Å². The van der Waals surface area contributed by atoms with Crippen LogP contribution in [0.15, 0.2) is 40.9 Å². The molecule has 2 N–H and O–H groups in total. The molecule has 0 heterocycles. The molecular formula is C16H18BrNO2. The summed E-state index contributed by atoms with van der Waals surface area (Å²) >= 11 is 3.49. The lowest BCUT2D eigenvalue weighted by Gasteiger charge is -2.13. The van der Waals surface area contributed by atoms with E-state index in [-0.39, 0.29) is 0 Å². The number of aryl methyl sites for hydroxylation is 1. The summed E-state index contributed by atoms with van der Waals surface area (Å²) in [6.45, 7) is 2.66. The molecule has 0 aliphatic rings. The van der Waals surface area contributed by atoms with Crippen LogP contribution in [0, 0.1) is 6.92 Å². The second kappa shape index (κ2) is 6.77. The Morgan fingerprint density at radius 1 is 1.10 bits per heavy atom. The molecule has 2 rings (SSSR count). The molecule has 0 saturated carbocycles. The maximum absolute atomic E-state index is 5.99. The first kappa shape index (κ1) is 14.9. The van der Waals surface area contributed by atoms with Crippen molar-refractivity contribution in [3.8, 4) is 17.2 Å². The SMILES string of the molecule is COc1ccc(Oc2ccc(C)cc2CCN)c(Br)c1. The third-order valence-corrected chi connectivity index (χ3v) is 3.61. The van der Waals surface area contributed by atoms with Gasteiger partial charge in [0.2, 0.25) is 0 Å². The van der Waals surface area contributed by atoms with Crippen LogP contribution in [0.4, 0.5) is 0 Å². The Morgan fingerprint density at radius 2 is 1.85 bits per heavy atom. The average molecular weight is 336 g/mol. The number of nitrogens with two attached hydrogens (primary N) is 1. The molecule has 0 aliphatic carbocycles. The number of hydrogen-bond acceptors (Lipinski definition) is 3. The van der Waals surface area contributed by atoms with E-state index in [0.717, 1.165) is 33.7 Å². The van der Waals surface area contributed by atoms with Crippen LogP contribution in [-0.4, -0.2) is 13.7 Å². The Balaban J connectivity index is 2.29. The average Bonchev–Trinajstić information content (AvgIpc) is 2.44. The molecule has 20 heavy (non-hydrogen) atoms. The fourth-order valence-corrected chi connectivity index (χ4v) is 2.41. The lowest BCUT2D eigenvalue weighted by Crippen LogP contribution is -2.04. The lowest BCUT2D eigenvalue weighted by molar-refractivity contribution is 0.412. The Hall–Kier alpha value is -1.52. The first-order chi connectivity index (χ1) is 9.63. The maximum atomic E-state index is 5.99. The van der Waals surface area contributed by atoms with E-state index in [9.17, 15) is 0 Å².